The molecule has 9 rings (SSSR count). The van der Waals surface area contributed by atoms with Crippen molar-refractivity contribution in [2.24, 2.45) is 0 Å². The van der Waals surface area contributed by atoms with Crippen molar-refractivity contribution in [3.8, 4) is 39.1 Å². The van der Waals surface area contributed by atoms with Crippen molar-refractivity contribution in [3.63, 3.8) is 0 Å². The van der Waals surface area contributed by atoms with Crippen LogP contribution in [0.25, 0.3) is 33.4 Å². The van der Waals surface area contributed by atoms with E-state index in [0.29, 0.717) is 12.2 Å². The first-order valence-corrected chi connectivity index (χ1v) is 27.6. The summed E-state index contributed by atoms with van der Waals surface area (Å²) < 4.78 is 28.8. The van der Waals surface area contributed by atoms with Gasteiger partial charge in [-0.15, -0.1) is 0 Å². The first-order chi connectivity index (χ1) is 32.5. The average Bonchev–Trinajstić information content (AvgIpc) is 3.43. The molecule has 362 valence electrons. The number of fused-ring (bicyclic) bond motifs is 7. The summed E-state index contributed by atoms with van der Waals surface area (Å²) >= 11 is 0. The van der Waals surface area contributed by atoms with Crippen LogP contribution in [0.4, 0.5) is 0 Å². The molecular formula is C64H77O4P. The zero-order valence-electron chi connectivity index (χ0n) is 44.0. The van der Waals surface area contributed by atoms with Gasteiger partial charge in [-0.05, 0) is 162 Å². The van der Waals surface area contributed by atoms with E-state index >= 15 is 4.57 Å². The molecule has 2 unspecified atom stereocenters. The summed E-state index contributed by atoms with van der Waals surface area (Å²) in [5, 5.41) is 0. The summed E-state index contributed by atoms with van der Waals surface area (Å²) in [4.78, 5) is 12.4. The van der Waals surface area contributed by atoms with Gasteiger partial charge < -0.3 is 4.52 Å². The van der Waals surface area contributed by atoms with E-state index in [0.717, 1.165) is 42.4 Å². The van der Waals surface area contributed by atoms with E-state index in [4.69, 9.17) is 9.05 Å². The molecule has 0 aromatic heterocycles. The molecular weight excluding hydrogens is 864 g/mol. The zero-order valence-corrected chi connectivity index (χ0v) is 44.9. The SMILES string of the molecule is CC(C)c1cc(-c2ccc(C(C)(C)C)cc2)cc(C(C)C)c1-c1cc2c(c3c1OP(=O)(O)OC1[C@H]3c3ccccc3C[C@@H]1c1c(C(C)C)cc(-c3ccc(C(C)(C)C)cc3)cc1C(C)C)CCCC2. The third-order valence-corrected chi connectivity index (χ3v) is 16.6. The Morgan fingerprint density at radius 1 is 0.565 bits per heavy atom. The summed E-state index contributed by atoms with van der Waals surface area (Å²) in [7, 11) is -4.71. The van der Waals surface area contributed by atoms with Crippen molar-refractivity contribution in [1.82, 2.24) is 0 Å². The minimum Gasteiger partial charge on any atom is -0.403 e. The van der Waals surface area contributed by atoms with Gasteiger partial charge in [-0.3, -0.25) is 9.42 Å². The van der Waals surface area contributed by atoms with Gasteiger partial charge >= 0.3 is 7.82 Å². The van der Waals surface area contributed by atoms with E-state index in [9.17, 15) is 4.89 Å². The van der Waals surface area contributed by atoms with Gasteiger partial charge in [-0.1, -0.05) is 194 Å². The van der Waals surface area contributed by atoms with Crippen LogP contribution in [0.15, 0.2) is 103 Å². The van der Waals surface area contributed by atoms with Crippen LogP contribution in [0.3, 0.4) is 0 Å². The third-order valence-electron chi connectivity index (χ3n) is 15.7. The molecule has 4 nitrogen and oxygen atoms in total. The van der Waals surface area contributed by atoms with Crippen molar-refractivity contribution in [2.75, 3.05) is 0 Å². The predicted molar refractivity (Wildman–Crippen MR) is 290 cm³/mol. The zero-order chi connectivity index (χ0) is 49.5. The van der Waals surface area contributed by atoms with Gasteiger partial charge in [0.15, 0.2) is 0 Å². The lowest BCUT2D eigenvalue weighted by Crippen LogP contribution is -2.36. The second-order valence-electron chi connectivity index (χ2n) is 24.0. The molecule has 0 saturated carbocycles. The summed E-state index contributed by atoms with van der Waals surface area (Å²) in [6.07, 6.45) is 4.05. The molecule has 3 aliphatic rings. The van der Waals surface area contributed by atoms with E-state index in [2.05, 4.69) is 200 Å². The highest BCUT2D eigenvalue weighted by atomic mass is 31.2. The molecule has 0 fully saturated rings. The lowest BCUT2D eigenvalue weighted by molar-refractivity contribution is 0.106. The molecule has 0 spiro atoms. The van der Waals surface area contributed by atoms with Gasteiger partial charge in [-0.2, -0.15) is 0 Å². The first kappa shape index (κ1) is 49.3. The van der Waals surface area contributed by atoms with Crippen LogP contribution >= 0.6 is 7.82 Å². The van der Waals surface area contributed by atoms with Crippen LogP contribution in [0.1, 0.15) is 212 Å². The maximum Gasteiger partial charge on any atom is 0.527 e. The van der Waals surface area contributed by atoms with Gasteiger partial charge in [-0.25, -0.2) is 4.57 Å². The van der Waals surface area contributed by atoms with Crippen molar-refractivity contribution >= 4 is 7.82 Å². The van der Waals surface area contributed by atoms with E-state index in [-0.39, 0.29) is 46.3 Å². The average molecular weight is 941 g/mol. The summed E-state index contributed by atoms with van der Waals surface area (Å²) in [6.45, 7) is 31.8. The van der Waals surface area contributed by atoms with E-state index in [1.807, 2.05) is 0 Å². The molecule has 0 radical (unpaired) electrons. The smallest absolute Gasteiger partial charge is 0.403 e. The minimum absolute atomic E-state index is 0.0595. The lowest BCUT2D eigenvalue weighted by atomic mass is 9.65. The molecule has 0 bridgehead atoms. The summed E-state index contributed by atoms with van der Waals surface area (Å²) in [5.74, 6) is 0.697. The number of phosphoric acid groups is 1. The highest BCUT2D eigenvalue weighted by molar-refractivity contribution is 7.47. The van der Waals surface area contributed by atoms with Crippen LogP contribution < -0.4 is 4.52 Å². The number of hydrogen-bond acceptors (Lipinski definition) is 3. The quantitative estimate of drug-likeness (QED) is 0.155. The molecule has 6 aromatic rings. The highest BCUT2D eigenvalue weighted by Crippen LogP contribution is 2.63. The van der Waals surface area contributed by atoms with Crippen LogP contribution in [0.2, 0.25) is 0 Å². The Hall–Kier alpha value is -4.73. The van der Waals surface area contributed by atoms with Crippen LogP contribution in [0, 0.1) is 0 Å². The van der Waals surface area contributed by atoms with E-state index < -0.39 is 13.9 Å². The normalized spacial score (nSPS) is 20.4. The predicted octanol–water partition coefficient (Wildman–Crippen LogP) is 18.0. The molecule has 1 aliphatic heterocycles. The molecule has 4 atom stereocenters. The molecule has 69 heavy (non-hydrogen) atoms. The maximum absolute atomic E-state index is 15.2. The molecule has 0 saturated heterocycles. The Labute approximate surface area is 414 Å². The fraction of sp³-hybridized carbons (Fsp3) is 0.438. The summed E-state index contributed by atoms with van der Waals surface area (Å²) in [6, 6.07) is 38.9. The lowest BCUT2D eigenvalue weighted by Gasteiger charge is -2.42. The van der Waals surface area contributed by atoms with Gasteiger partial charge in [0.2, 0.25) is 0 Å². The largest absolute Gasteiger partial charge is 0.527 e. The van der Waals surface area contributed by atoms with Gasteiger partial charge in [0, 0.05) is 23.0 Å². The van der Waals surface area contributed by atoms with E-state index in [1.54, 1.807) is 0 Å². The number of rotatable bonds is 8. The minimum atomic E-state index is -4.71. The fourth-order valence-corrected chi connectivity index (χ4v) is 13.0. The van der Waals surface area contributed by atoms with Crippen LogP contribution in [0.5, 0.6) is 5.75 Å². The van der Waals surface area contributed by atoms with Gasteiger partial charge in [0.05, 0.1) is 6.10 Å². The standard InChI is InChI=1S/C64H77O4P/c1-37(2)51-33-45(41-23-27-47(28-24-41)63(9,10)11)34-52(38(3)4)57(51)55-31-43-19-15-17-21-49(43)59-60-50-22-18-16-20-44(50)32-56(62(60)68-69(65,66)67-61(55)59)58-53(39(5)6)35-46(36-54(58)40(7)8)42-25-29-48(30-26-42)64(12,13)14/h15,17,19,21,23-30,32-40,55,59,61H,16,18,20,22,31H2,1-14H3,(H,65,66)/t55-,59+,61?/m1/s1. The van der Waals surface area contributed by atoms with Crippen LogP contribution in [-0.4, -0.2) is 11.0 Å². The second-order valence-corrected chi connectivity index (χ2v) is 25.3. The van der Waals surface area contributed by atoms with Gasteiger partial charge in [0.25, 0.3) is 0 Å². The van der Waals surface area contributed by atoms with E-state index in [1.165, 1.54) is 83.5 Å². The topological polar surface area (TPSA) is 55.8 Å². The Bertz CT molecular complexity index is 2880. The highest BCUT2D eigenvalue weighted by Gasteiger charge is 2.50. The monoisotopic (exact) mass is 941 g/mol. The number of phosphoric ester groups is 1. The van der Waals surface area contributed by atoms with Crippen LogP contribution in [-0.2, 0) is 39.2 Å². The Kier molecular flexibility index (Phi) is 13.2. The Morgan fingerprint density at radius 2 is 1.04 bits per heavy atom. The fourth-order valence-electron chi connectivity index (χ4n) is 12.0. The number of hydrogen-bond donors (Lipinski definition) is 1. The first-order valence-electron chi connectivity index (χ1n) is 26.1. The molecule has 2 aliphatic carbocycles. The van der Waals surface area contributed by atoms with Crippen molar-refractivity contribution in [2.45, 2.75) is 181 Å². The Morgan fingerprint density at radius 3 is 1.54 bits per heavy atom. The summed E-state index contributed by atoms with van der Waals surface area (Å²) in [5.41, 5.74) is 21.9. The molecule has 6 aromatic carbocycles. The molecule has 0 amide bonds. The molecule has 5 heteroatoms. The Balaban J connectivity index is 1.30. The number of benzene rings is 6. The number of aryl methyl sites for hydroxylation is 1. The maximum atomic E-state index is 15.2. The van der Waals surface area contributed by atoms with Gasteiger partial charge in [0.1, 0.15) is 5.75 Å². The van der Waals surface area contributed by atoms with Crippen molar-refractivity contribution in [1.29, 1.82) is 0 Å². The third kappa shape index (κ3) is 9.36. The van der Waals surface area contributed by atoms with Crippen molar-refractivity contribution in [3.05, 3.63) is 170 Å². The second kappa shape index (κ2) is 18.5. The molecule has 1 heterocycles. The molecule has 1 N–H and O–H groups in total. The van der Waals surface area contributed by atoms with Crippen molar-refractivity contribution < 1.29 is 18.5 Å².